The van der Waals surface area contributed by atoms with Crippen LogP contribution in [0.2, 0.25) is 0 Å². The van der Waals surface area contributed by atoms with Crippen LogP contribution in [0.3, 0.4) is 0 Å². The Balaban J connectivity index is 4.93. The maximum Gasteiger partial charge on any atom is 0.0598 e. The molecule has 0 spiro atoms. The normalized spacial score (nSPS) is 17.3. The van der Waals surface area contributed by atoms with E-state index in [2.05, 4.69) is 104 Å². The molecule has 0 aliphatic carbocycles. The lowest BCUT2D eigenvalue weighted by Crippen LogP contribution is -2.36. The van der Waals surface area contributed by atoms with Crippen molar-refractivity contribution in [3.63, 3.8) is 0 Å². The molecule has 0 radical (unpaired) electrons. The Hall–Kier alpha value is -0.120. The van der Waals surface area contributed by atoms with E-state index >= 15 is 0 Å². The van der Waals surface area contributed by atoms with Gasteiger partial charge in [0.15, 0.2) is 0 Å². The summed E-state index contributed by atoms with van der Waals surface area (Å²) in [5, 5.41) is 0. The summed E-state index contributed by atoms with van der Waals surface area (Å²) in [6.45, 7) is 37.8. The van der Waals surface area contributed by atoms with Crippen LogP contribution < -0.4 is 0 Å². The molecule has 32 heavy (non-hydrogen) atoms. The van der Waals surface area contributed by atoms with Gasteiger partial charge in [0.2, 0.25) is 0 Å². The number of rotatable bonds is 11. The van der Waals surface area contributed by atoms with E-state index in [1.807, 2.05) is 0 Å². The molecule has 0 amide bonds. The second-order valence-corrected chi connectivity index (χ2v) is 15.5. The molecule has 0 rings (SSSR count). The SMILES string of the molecule is CC(C)(C)CC(COCC(COCC(COC(C)(C)C)C(C)(C)C)C(C)(C)C)C(C)(C)C. The molecule has 3 heteroatoms. The van der Waals surface area contributed by atoms with Gasteiger partial charge in [0.1, 0.15) is 0 Å². The summed E-state index contributed by atoms with van der Waals surface area (Å²) in [7, 11) is 0. The molecule has 194 valence electrons. The summed E-state index contributed by atoms with van der Waals surface area (Å²) in [6.07, 6.45) is 1.17. The third kappa shape index (κ3) is 14.9. The van der Waals surface area contributed by atoms with Gasteiger partial charge >= 0.3 is 0 Å². The lowest BCUT2D eigenvalue weighted by molar-refractivity contribution is -0.0778. The lowest BCUT2D eigenvalue weighted by Gasteiger charge is -2.37. The average molecular weight is 457 g/mol. The third-order valence-electron chi connectivity index (χ3n) is 6.53. The highest BCUT2D eigenvalue weighted by Crippen LogP contribution is 2.37. The molecule has 0 heterocycles. The van der Waals surface area contributed by atoms with Crippen LogP contribution in [-0.4, -0.2) is 38.6 Å². The highest BCUT2D eigenvalue weighted by atomic mass is 16.5. The van der Waals surface area contributed by atoms with Gasteiger partial charge in [-0.25, -0.2) is 0 Å². The van der Waals surface area contributed by atoms with Crippen LogP contribution in [0.25, 0.3) is 0 Å². The first kappa shape index (κ1) is 31.9. The Labute approximate surface area is 202 Å². The first-order chi connectivity index (χ1) is 14.0. The molecule has 0 bridgehead atoms. The second-order valence-electron chi connectivity index (χ2n) is 15.5. The minimum Gasteiger partial charge on any atom is -0.381 e. The van der Waals surface area contributed by atoms with Crippen molar-refractivity contribution >= 4 is 0 Å². The average Bonchev–Trinajstić information content (AvgIpc) is 2.49. The van der Waals surface area contributed by atoms with Crippen LogP contribution in [0.15, 0.2) is 0 Å². The largest absolute Gasteiger partial charge is 0.381 e. The molecule has 0 saturated heterocycles. The summed E-state index contributed by atoms with van der Waals surface area (Å²) in [4.78, 5) is 0. The summed E-state index contributed by atoms with van der Waals surface area (Å²) in [6, 6.07) is 0. The summed E-state index contributed by atoms with van der Waals surface area (Å²) >= 11 is 0. The number of hydrogen-bond donors (Lipinski definition) is 0. The summed E-state index contributed by atoms with van der Waals surface area (Å²) in [5.41, 5.74) is 0.715. The smallest absolute Gasteiger partial charge is 0.0598 e. The minimum atomic E-state index is -0.123. The van der Waals surface area contributed by atoms with E-state index < -0.39 is 0 Å². The van der Waals surface area contributed by atoms with Gasteiger partial charge in [-0.1, -0.05) is 83.1 Å². The molecule has 0 aromatic carbocycles. The van der Waals surface area contributed by atoms with Gasteiger partial charge < -0.3 is 14.2 Å². The minimum absolute atomic E-state index is 0.123. The molecule has 3 unspecified atom stereocenters. The predicted molar refractivity (Wildman–Crippen MR) is 140 cm³/mol. The molecule has 3 atom stereocenters. The van der Waals surface area contributed by atoms with Crippen molar-refractivity contribution in [2.24, 2.45) is 39.4 Å². The quantitative estimate of drug-likeness (QED) is 0.313. The molecular weight excluding hydrogens is 396 g/mol. The highest BCUT2D eigenvalue weighted by molar-refractivity contribution is 4.80. The highest BCUT2D eigenvalue weighted by Gasteiger charge is 2.32. The summed E-state index contributed by atoms with van der Waals surface area (Å²) in [5.74, 6) is 1.27. The zero-order chi connectivity index (χ0) is 25.6. The van der Waals surface area contributed by atoms with Crippen molar-refractivity contribution in [2.75, 3.05) is 33.0 Å². The van der Waals surface area contributed by atoms with Crippen LogP contribution >= 0.6 is 0 Å². The Morgan fingerprint density at radius 3 is 1.03 bits per heavy atom. The Morgan fingerprint density at radius 2 is 0.750 bits per heavy atom. The first-order valence-electron chi connectivity index (χ1n) is 12.8. The van der Waals surface area contributed by atoms with Crippen LogP contribution in [0.5, 0.6) is 0 Å². The molecule has 0 aliphatic rings. The van der Waals surface area contributed by atoms with Crippen LogP contribution in [0.4, 0.5) is 0 Å². The zero-order valence-electron chi connectivity index (χ0n) is 24.7. The molecule has 3 nitrogen and oxygen atoms in total. The van der Waals surface area contributed by atoms with E-state index in [4.69, 9.17) is 14.2 Å². The Morgan fingerprint density at radius 1 is 0.438 bits per heavy atom. The standard InChI is InChI=1S/C29H60O3/c1-25(2,3)16-22(26(4,5)6)17-30-18-23(27(7,8)9)19-31-20-24(28(10,11)12)21-32-29(13,14)15/h22-24H,16-21H2,1-15H3. The van der Waals surface area contributed by atoms with Gasteiger partial charge in [-0.05, 0) is 54.8 Å². The predicted octanol–water partition coefficient (Wildman–Crippen LogP) is 8.26. The van der Waals surface area contributed by atoms with Crippen molar-refractivity contribution in [3.05, 3.63) is 0 Å². The van der Waals surface area contributed by atoms with Crippen molar-refractivity contribution < 1.29 is 14.2 Å². The maximum atomic E-state index is 6.37. The van der Waals surface area contributed by atoms with Crippen molar-refractivity contribution in [1.82, 2.24) is 0 Å². The fourth-order valence-electron chi connectivity index (χ4n) is 3.51. The monoisotopic (exact) mass is 456 g/mol. The van der Waals surface area contributed by atoms with Gasteiger partial charge in [-0.2, -0.15) is 0 Å². The topological polar surface area (TPSA) is 27.7 Å². The summed E-state index contributed by atoms with van der Waals surface area (Å²) < 4.78 is 18.8. The van der Waals surface area contributed by atoms with Crippen LogP contribution in [0, 0.1) is 39.4 Å². The molecule has 0 aromatic rings. The van der Waals surface area contributed by atoms with E-state index in [1.165, 1.54) is 6.42 Å². The lowest BCUT2D eigenvalue weighted by atomic mass is 9.72. The van der Waals surface area contributed by atoms with Crippen molar-refractivity contribution in [1.29, 1.82) is 0 Å². The van der Waals surface area contributed by atoms with E-state index in [0.717, 1.165) is 33.0 Å². The molecule has 0 aliphatic heterocycles. The number of hydrogen-bond acceptors (Lipinski definition) is 3. The molecule has 0 N–H and O–H groups in total. The van der Waals surface area contributed by atoms with Gasteiger partial charge in [0.05, 0.1) is 32.0 Å². The third-order valence-corrected chi connectivity index (χ3v) is 6.53. The first-order valence-corrected chi connectivity index (χ1v) is 12.8. The molecule has 0 aromatic heterocycles. The Bertz CT molecular complexity index is 503. The van der Waals surface area contributed by atoms with Gasteiger partial charge in [-0.3, -0.25) is 0 Å². The van der Waals surface area contributed by atoms with E-state index in [9.17, 15) is 0 Å². The van der Waals surface area contributed by atoms with Gasteiger partial charge in [0, 0.05) is 18.4 Å². The van der Waals surface area contributed by atoms with E-state index in [-0.39, 0.29) is 21.8 Å². The van der Waals surface area contributed by atoms with E-state index in [0.29, 0.717) is 23.2 Å². The van der Waals surface area contributed by atoms with Crippen molar-refractivity contribution in [3.8, 4) is 0 Å². The number of ether oxygens (including phenoxy) is 3. The maximum absolute atomic E-state index is 6.37. The second kappa shape index (κ2) is 12.0. The Kier molecular flexibility index (Phi) is 12.0. The molecular formula is C29H60O3. The molecule has 0 saturated carbocycles. The van der Waals surface area contributed by atoms with E-state index in [1.54, 1.807) is 0 Å². The zero-order valence-corrected chi connectivity index (χ0v) is 24.7. The molecule has 0 fully saturated rings. The fourth-order valence-corrected chi connectivity index (χ4v) is 3.51. The van der Waals surface area contributed by atoms with Crippen LogP contribution in [0.1, 0.15) is 110 Å². The fraction of sp³-hybridized carbons (Fsp3) is 1.00. The van der Waals surface area contributed by atoms with Gasteiger partial charge in [0.25, 0.3) is 0 Å². The van der Waals surface area contributed by atoms with Crippen molar-refractivity contribution in [2.45, 2.75) is 116 Å². The van der Waals surface area contributed by atoms with Crippen LogP contribution in [-0.2, 0) is 14.2 Å². The van der Waals surface area contributed by atoms with Gasteiger partial charge in [-0.15, -0.1) is 0 Å².